The van der Waals surface area contributed by atoms with Crippen molar-refractivity contribution in [3.63, 3.8) is 0 Å². The van der Waals surface area contributed by atoms with Gasteiger partial charge in [0.2, 0.25) is 6.43 Å². The van der Waals surface area contributed by atoms with Crippen LogP contribution in [0.1, 0.15) is 46.0 Å². The number of hydrogen-bond donors (Lipinski definition) is 0. The van der Waals surface area contributed by atoms with Gasteiger partial charge in [0, 0.05) is 6.42 Å². The lowest BCUT2D eigenvalue weighted by molar-refractivity contribution is -0.156. The minimum Gasteiger partial charge on any atom is -0.462 e. The second kappa shape index (κ2) is 5.54. The molecule has 5 unspecified atom stereocenters. The molecule has 2 aliphatic rings. The summed E-state index contributed by atoms with van der Waals surface area (Å²) >= 11 is 0. The van der Waals surface area contributed by atoms with Gasteiger partial charge in [0.25, 0.3) is 0 Å². The van der Waals surface area contributed by atoms with Crippen molar-refractivity contribution in [3.8, 4) is 0 Å². The predicted molar refractivity (Wildman–Crippen MR) is 64.3 cm³/mol. The standard InChI is InChI=1S/C14H22F2O2/c1-3-8(2)14(17)18-12-6-9-4-11(12)5-10(9)7-13(15)16/h8-13H,3-7H2,1-2H3. The van der Waals surface area contributed by atoms with Crippen LogP contribution in [0.2, 0.25) is 0 Å². The van der Waals surface area contributed by atoms with Crippen LogP contribution in [-0.2, 0) is 9.53 Å². The van der Waals surface area contributed by atoms with E-state index in [1.807, 2.05) is 13.8 Å². The summed E-state index contributed by atoms with van der Waals surface area (Å²) in [6.45, 7) is 3.83. The summed E-state index contributed by atoms with van der Waals surface area (Å²) in [6, 6.07) is 0. The third-order valence-corrected chi connectivity index (χ3v) is 4.70. The molecule has 0 amide bonds. The van der Waals surface area contributed by atoms with Crippen molar-refractivity contribution in [1.29, 1.82) is 0 Å². The van der Waals surface area contributed by atoms with Crippen LogP contribution in [0, 0.1) is 23.7 Å². The lowest BCUT2D eigenvalue weighted by Gasteiger charge is -2.28. The SMILES string of the molecule is CCC(C)C(=O)OC1CC2CC1CC2CC(F)F. The Morgan fingerprint density at radius 3 is 2.50 bits per heavy atom. The molecule has 0 aromatic carbocycles. The number of hydrogen-bond acceptors (Lipinski definition) is 2. The largest absolute Gasteiger partial charge is 0.462 e. The fraction of sp³-hybridized carbons (Fsp3) is 0.929. The van der Waals surface area contributed by atoms with E-state index in [1.165, 1.54) is 0 Å². The van der Waals surface area contributed by atoms with Crippen molar-refractivity contribution in [2.24, 2.45) is 23.7 Å². The van der Waals surface area contributed by atoms with E-state index >= 15 is 0 Å². The summed E-state index contributed by atoms with van der Waals surface area (Å²) in [7, 11) is 0. The molecule has 0 saturated heterocycles. The van der Waals surface area contributed by atoms with E-state index in [1.54, 1.807) is 0 Å². The summed E-state index contributed by atoms with van der Waals surface area (Å²) in [5.74, 6) is 0.639. The molecule has 0 radical (unpaired) electrons. The van der Waals surface area contributed by atoms with Gasteiger partial charge in [0.05, 0.1) is 5.92 Å². The van der Waals surface area contributed by atoms with Gasteiger partial charge in [0.1, 0.15) is 6.10 Å². The predicted octanol–water partition coefficient (Wildman–Crippen LogP) is 3.65. The van der Waals surface area contributed by atoms with Gasteiger partial charge in [0.15, 0.2) is 0 Å². The van der Waals surface area contributed by atoms with Crippen LogP contribution in [-0.4, -0.2) is 18.5 Å². The molecule has 0 heterocycles. The molecular weight excluding hydrogens is 238 g/mol. The van der Waals surface area contributed by atoms with E-state index in [2.05, 4.69) is 0 Å². The molecule has 0 N–H and O–H groups in total. The summed E-state index contributed by atoms with van der Waals surface area (Å²) < 4.78 is 30.3. The normalized spacial score (nSPS) is 36.1. The van der Waals surface area contributed by atoms with Crippen molar-refractivity contribution in [3.05, 3.63) is 0 Å². The molecule has 0 spiro atoms. The first kappa shape index (κ1) is 13.8. The van der Waals surface area contributed by atoms with Crippen LogP contribution >= 0.6 is 0 Å². The molecule has 2 saturated carbocycles. The highest BCUT2D eigenvalue weighted by atomic mass is 19.3. The zero-order valence-electron chi connectivity index (χ0n) is 11.1. The van der Waals surface area contributed by atoms with Gasteiger partial charge in [-0.1, -0.05) is 13.8 Å². The molecule has 2 fully saturated rings. The molecular formula is C14H22F2O2. The van der Waals surface area contributed by atoms with Crippen molar-refractivity contribution in [1.82, 2.24) is 0 Å². The Balaban J connectivity index is 1.82. The summed E-state index contributed by atoms with van der Waals surface area (Å²) in [5.41, 5.74) is 0. The number of esters is 1. The Kier molecular flexibility index (Phi) is 4.23. The molecule has 104 valence electrons. The van der Waals surface area contributed by atoms with Crippen LogP contribution in [0.4, 0.5) is 8.78 Å². The highest BCUT2D eigenvalue weighted by Gasteiger charge is 2.48. The number of rotatable bonds is 5. The third kappa shape index (κ3) is 2.83. The van der Waals surface area contributed by atoms with Crippen molar-refractivity contribution >= 4 is 5.97 Å². The molecule has 2 aliphatic carbocycles. The maximum atomic E-state index is 12.4. The van der Waals surface area contributed by atoms with E-state index in [0.29, 0.717) is 11.8 Å². The van der Waals surface area contributed by atoms with Crippen LogP contribution in [0.5, 0.6) is 0 Å². The lowest BCUT2D eigenvalue weighted by atomic mass is 9.85. The number of carbonyl (C=O) groups excluding carboxylic acids is 1. The monoisotopic (exact) mass is 260 g/mol. The Bertz CT molecular complexity index is 306. The molecule has 0 aromatic rings. The minimum atomic E-state index is -2.20. The number of ether oxygens (including phenoxy) is 1. The second-order valence-corrected chi connectivity index (χ2v) is 5.90. The minimum absolute atomic E-state index is 0.00887. The number of fused-ring (bicyclic) bond motifs is 2. The van der Waals surface area contributed by atoms with Gasteiger partial charge in [-0.15, -0.1) is 0 Å². The first-order chi connectivity index (χ1) is 8.51. The molecule has 2 rings (SSSR count). The van der Waals surface area contributed by atoms with Crippen LogP contribution in [0.15, 0.2) is 0 Å². The van der Waals surface area contributed by atoms with E-state index in [0.717, 1.165) is 25.7 Å². The zero-order valence-corrected chi connectivity index (χ0v) is 11.1. The quantitative estimate of drug-likeness (QED) is 0.705. The first-order valence-electron chi connectivity index (χ1n) is 6.99. The Labute approximate surface area is 107 Å². The average molecular weight is 260 g/mol. The fourth-order valence-electron chi connectivity index (χ4n) is 3.44. The Morgan fingerprint density at radius 1 is 1.28 bits per heavy atom. The van der Waals surface area contributed by atoms with Gasteiger partial charge in [-0.25, -0.2) is 8.78 Å². The smallest absolute Gasteiger partial charge is 0.308 e. The van der Waals surface area contributed by atoms with Crippen LogP contribution in [0.25, 0.3) is 0 Å². The topological polar surface area (TPSA) is 26.3 Å². The van der Waals surface area contributed by atoms with Crippen molar-refractivity contribution in [2.75, 3.05) is 0 Å². The Hall–Kier alpha value is -0.670. The molecule has 4 heteroatoms. The highest BCUT2D eigenvalue weighted by Crippen LogP contribution is 2.51. The van der Waals surface area contributed by atoms with Crippen molar-refractivity contribution in [2.45, 2.75) is 58.5 Å². The molecule has 0 aromatic heterocycles. The fourth-order valence-corrected chi connectivity index (χ4v) is 3.44. The highest BCUT2D eigenvalue weighted by molar-refractivity contribution is 5.72. The molecule has 0 aliphatic heterocycles. The summed E-state index contributed by atoms with van der Waals surface area (Å²) in [4.78, 5) is 11.7. The van der Waals surface area contributed by atoms with Gasteiger partial charge in [-0.3, -0.25) is 4.79 Å². The molecule has 2 nitrogen and oxygen atoms in total. The van der Waals surface area contributed by atoms with Crippen LogP contribution < -0.4 is 0 Å². The van der Waals surface area contributed by atoms with E-state index in [4.69, 9.17) is 4.74 Å². The number of alkyl halides is 2. The van der Waals surface area contributed by atoms with Crippen molar-refractivity contribution < 1.29 is 18.3 Å². The van der Waals surface area contributed by atoms with Gasteiger partial charge < -0.3 is 4.74 Å². The number of halogens is 2. The Morgan fingerprint density at radius 2 is 2.00 bits per heavy atom. The maximum Gasteiger partial charge on any atom is 0.308 e. The zero-order chi connectivity index (χ0) is 13.3. The molecule has 2 bridgehead atoms. The second-order valence-electron chi connectivity index (χ2n) is 5.90. The lowest BCUT2D eigenvalue weighted by Crippen LogP contribution is -2.30. The van der Waals surface area contributed by atoms with Gasteiger partial charge in [-0.05, 0) is 43.4 Å². The van der Waals surface area contributed by atoms with Gasteiger partial charge in [-0.2, -0.15) is 0 Å². The van der Waals surface area contributed by atoms with E-state index < -0.39 is 6.43 Å². The van der Waals surface area contributed by atoms with E-state index in [9.17, 15) is 13.6 Å². The third-order valence-electron chi connectivity index (χ3n) is 4.70. The summed E-state index contributed by atoms with van der Waals surface area (Å²) in [5, 5.41) is 0. The van der Waals surface area contributed by atoms with E-state index in [-0.39, 0.29) is 30.3 Å². The number of carbonyl (C=O) groups is 1. The average Bonchev–Trinajstić information content (AvgIpc) is 2.86. The van der Waals surface area contributed by atoms with Crippen LogP contribution in [0.3, 0.4) is 0 Å². The maximum absolute atomic E-state index is 12.4. The molecule has 5 atom stereocenters. The summed E-state index contributed by atoms with van der Waals surface area (Å²) in [6.07, 6.45) is 1.18. The first-order valence-corrected chi connectivity index (χ1v) is 6.99. The molecule has 18 heavy (non-hydrogen) atoms. The van der Waals surface area contributed by atoms with Gasteiger partial charge >= 0.3 is 5.97 Å².